The van der Waals surface area contributed by atoms with Gasteiger partial charge in [0.05, 0.1) is 26.4 Å². The van der Waals surface area contributed by atoms with Gasteiger partial charge in [0.2, 0.25) is 0 Å². The molecule has 1 unspecified atom stereocenters. The van der Waals surface area contributed by atoms with Crippen LogP contribution >= 0.6 is 35.3 Å². The van der Waals surface area contributed by atoms with E-state index < -0.39 is 0 Å². The number of nitrogens with zero attached hydrogens (tertiary/aromatic N) is 4. The molecule has 4 rings (SSSR count). The van der Waals surface area contributed by atoms with Crippen LogP contribution in [0.3, 0.4) is 0 Å². The number of hydrogen-bond acceptors (Lipinski definition) is 6. The van der Waals surface area contributed by atoms with Crippen molar-refractivity contribution >= 4 is 47.0 Å². The number of halogens is 1. The minimum Gasteiger partial charge on any atom is -0.497 e. The Bertz CT molecular complexity index is 837. The molecule has 2 aliphatic rings. The Morgan fingerprint density at radius 2 is 1.91 bits per heavy atom. The van der Waals surface area contributed by atoms with E-state index in [1.54, 1.807) is 7.11 Å². The Labute approximate surface area is 212 Å². The van der Waals surface area contributed by atoms with E-state index in [1.807, 2.05) is 24.5 Å². The lowest BCUT2D eigenvalue weighted by Crippen LogP contribution is -2.54. The van der Waals surface area contributed by atoms with Crippen LogP contribution in [0.15, 0.2) is 46.8 Å². The van der Waals surface area contributed by atoms with Gasteiger partial charge in [-0.15, -0.1) is 35.3 Å². The predicted octanol–water partition coefficient (Wildman–Crippen LogP) is 3.15. The number of nitrogens with one attached hydrogen (secondary N) is 1. The second-order valence-electron chi connectivity index (χ2n) is 7.78. The Morgan fingerprint density at radius 1 is 1.12 bits per heavy atom. The molecule has 1 aromatic heterocycles. The first kappa shape index (κ1) is 25.1. The fraction of sp³-hybridized carbons (Fsp3) is 0.522. The normalized spacial score (nSPS) is 18.8. The van der Waals surface area contributed by atoms with Crippen molar-refractivity contribution in [3.05, 3.63) is 46.7 Å². The van der Waals surface area contributed by atoms with E-state index in [9.17, 15) is 0 Å². The summed E-state index contributed by atoms with van der Waals surface area (Å²) in [5, 5.41) is 5.82. The summed E-state index contributed by atoms with van der Waals surface area (Å²) >= 11 is 1.83. The van der Waals surface area contributed by atoms with Crippen LogP contribution in [0, 0.1) is 0 Å². The number of rotatable bonds is 6. The summed E-state index contributed by atoms with van der Waals surface area (Å²) in [6.45, 7) is 8.23. The number of benzene rings is 1. The summed E-state index contributed by atoms with van der Waals surface area (Å²) in [7, 11) is 3.60. The molecule has 0 bridgehead atoms. The largest absolute Gasteiger partial charge is 0.497 e. The van der Waals surface area contributed by atoms with E-state index in [1.165, 1.54) is 10.6 Å². The minimum atomic E-state index is 0. The molecule has 32 heavy (non-hydrogen) atoms. The summed E-state index contributed by atoms with van der Waals surface area (Å²) < 4.78 is 10.9. The average Bonchev–Trinajstić information content (AvgIpc) is 3.37. The molecule has 2 saturated heterocycles. The van der Waals surface area contributed by atoms with Gasteiger partial charge in [0.25, 0.3) is 0 Å². The number of aliphatic imine (C=N–C) groups is 1. The lowest BCUT2D eigenvalue weighted by Gasteiger charge is -2.39. The summed E-state index contributed by atoms with van der Waals surface area (Å²) in [4.78, 5) is 13.3. The fourth-order valence-electron chi connectivity index (χ4n) is 4.28. The molecule has 2 aliphatic heterocycles. The Balaban J connectivity index is 0.00000289. The maximum Gasteiger partial charge on any atom is 0.193 e. The highest BCUT2D eigenvalue weighted by Gasteiger charge is 2.25. The minimum absolute atomic E-state index is 0. The number of guanidine groups is 1. The van der Waals surface area contributed by atoms with Crippen LogP contribution < -0.4 is 15.0 Å². The van der Waals surface area contributed by atoms with Crippen LogP contribution in [0.4, 0.5) is 5.69 Å². The van der Waals surface area contributed by atoms with Gasteiger partial charge < -0.3 is 24.6 Å². The number of ether oxygens (including phenoxy) is 2. The number of thiophene rings is 1. The molecular weight excluding hydrogens is 537 g/mol. The zero-order valence-corrected chi connectivity index (χ0v) is 22.1. The van der Waals surface area contributed by atoms with E-state index in [0.717, 1.165) is 70.7 Å². The molecule has 0 radical (unpaired) electrons. The second kappa shape index (κ2) is 12.6. The molecular formula is C23H34IN5O2S. The maximum atomic E-state index is 5.57. The van der Waals surface area contributed by atoms with Crippen LogP contribution in [-0.4, -0.2) is 88.9 Å². The van der Waals surface area contributed by atoms with Crippen molar-refractivity contribution in [2.75, 3.05) is 78.1 Å². The maximum absolute atomic E-state index is 5.57. The molecule has 1 atom stereocenters. The molecule has 0 spiro atoms. The van der Waals surface area contributed by atoms with Crippen molar-refractivity contribution in [2.24, 2.45) is 4.99 Å². The zero-order valence-electron chi connectivity index (χ0n) is 18.9. The van der Waals surface area contributed by atoms with Crippen molar-refractivity contribution in [2.45, 2.75) is 6.04 Å². The second-order valence-corrected chi connectivity index (χ2v) is 8.76. The first-order chi connectivity index (χ1) is 15.3. The summed E-state index contributed by atoms with van der Waals surface area (Å²) in [5.74, 6) is 1.89. The highest BCUT2D eigenvalue weighted by Crippen LogP contribution is 2.26. The van der Waals surface area contributed by atoms with Gasteiger partial charge in [-0.25, -0.2) is 0 Å². The lowest BCUT2D eigenvalue weighted by atomic mass is 10.2. The number of piperazine rings is 1. The molecule has 176 valence electrons. The molecule has 0 aliphatic carbocycles. The first-order valence-corrected chi connectivity index (χ1v) is 11.9. The summed E-state index contributed by atoms with van der Waals surface area (Å²) in [5.41, 5.74) is 1.21. The third kappa shape index (κ3) is 6.27. The molecule has 1 aromatic carbocycles. The lowest BCUT2D eigenvalue weighted by molar-refractivity contribution is 0.0176. The van der Waals surface area contributed by atoms with Crippen molar-refractivity contribution in [1.82, 2.24) is 15.1 Å². The Morgan fingerprint density at radius 3 is 2.56 bits per heavy atom. The standard InChI is InChI=1S/C23H33N5O2S.HI/c1-24-23(25-18-21(22-7-4-16-31-22)27-12-14-30-15-13-27)28-10-8-26(9-11-28)19-5-3-6-20(17-19)29-2;/h3-7,16-17,21H,8-15,18H2,1-2H3,(H,24,25);1H. The van der Waals surface area contributed by atoms with Gasteiger partial charge in [0, 0.05) is 69.5 Å². The monoisotopic (exact) mass is 571 g/mol. The fourth-order valence-corrected chi connectivity index (χ4v) is 5.14. The first-order valence-electron chi connectivity index (χ1n) is 11.0. The smallest absolute Gasteiger partial charge is 0.193 e. The average molecular weight is 572 g/mol. The van der Waals surface area contributed by atoms with Gasteiger partial charge in [0.1, 0.15) is 5.75 Å². The van der Waals surface area contributed by atoms with Crippen LogP contribution in [0.5, 0.6) is 5.75 Å². The molecule has 2 fully saturated rings. The van der Waals surface area contributed by atoms with Crippen LogP contribution in [0.25, 0.3) is 0 Å². The number of morpholine rings is 1. The Hall–Kier alpha value is -1.56. The molecule has 7 nitrogen and oxygen atoms in total. The van der Waals surface area contributed by atoms with Crippen molar-refractivity contribution in [1.29, 1.82) is 0 Å². The van der Waals surface area contributed by atoms with Crippen LogP contribution in [0.1, 0.15) is 10.9 Å². The van der Waals surface area contributed by atoms with E-state index in [4.69, 9.17) is 9.47 Å². The van der Waals surface area contributed by atoms with Crippen LogP contribution in [-0.2, 0) is 4.74 Å². The third-order valence-corrected chi connectivity index (χ3v) is 6.99. The topological polar surface area (TPSA) is 52.6 Å². The summed E-state index contributed by atoms with van der Waals surface area (Å²) in [6.07, 6.45) is 0. The zero-order chi connectivity index (χ0) is 21.5. The highest BCUT2D eigenvalue weighted by atomic mass is 127. The quantitative estimate of drug-likeness (QED) is 0.327. The predicted molar refractivity (Wildman–Crippen MR) is 143 cm³/mol. The van der Waals surface area contributed by atoms with Gasteiger partial charge in [0.15, 0.2) is 5.96 Å². The van der Waals surface area contributed by atoms with Gasteiger partial charge in [-0.3, -0.25) is 9.89 Å². The van der Waals surface area contributed by atoms with E-state index in [0.29, 0.717) is 6.04 Å². The molecule has 3 heterocycles. The van der Waals surface area contributed by atoms with Crippen molar-refractivity contribution in [3.63, 3.8) is 0 Å². The van der Waals surface area contributed by atoms with E-state index in [-0.39, 0.29) is 24.0 Å². The number of anilines is 1. The number of hydrogen-bond donors (Lipinski definition) is 1. The third-order valence-electron chi connectivity index (χ3n) is 6.02. The Kier molecular flexibility index (Phi) is 9.89. The summed E-state index contributed by atoms with van der Waals surface area (Å²) in [6, 6.07) is 13.0. The van der Waals surface area contributed by atoms with E-state index in [2.05, 4.69) is 60.7 Å². The molecule has 0 saturated carbocycles. The van der Waals surface area contributed by atoms with Crippen LogP contribution in [0.2, 0.25) is 0 Å². The molecule has 9 heteroatoms. The van der Waals surface area contributed by atoms with Gasteiger partial charge in [-0.05, 0) is 23.6 Å². The molecule has 2 aromatic rings. The highest BCUT2D eigenvalue weighted by molar-refractivity contribution is 14.0. The van der Waals surface area contributed by atoms with Gasteiger partial charge >= 0.3 is 0 Å². The SMILES string of the molecule is CN=C(NCC(c1cccs1)N1CCOCC1)N1CCN(c2cccc(OC)c2)CC1.I. The van der Waals surface area contributed by atoms with Crippen molar-refractivity contribution < 1.29 is 9.47 Å². The number of methoxy groups -OCH3 is 1. The molecule has 0 amide bonds. The van der Waals surface area contributed by atoms with E-state index >= 15 is 0 Å². The van der Waals surface area contributed by atoms with Crippen molar-refractivity contribution in [3.8, 4) is 5.75 Å². The van der Waals surface area contributed by atoms with Gasteiger partial charge in [-0.2, -0.15) is 0 Å². The van der Waals surface area contributed by atoms with Gasteiger partial charge in [-0.1, -0.05) is 12.1 Å². The molecule has 1 N–H and O–H groups in total.